The molecule has 1 unspecified atom stereocenters. The maximum absolute atomic E-state index is 5.90. The van der Waals surface area contributed by atoms with Crippen LogP contribution in [0.5, 0.6) is 0 Å². The highest BCUT2D eigenvalue weighted by atomic mass is 16.5. The van der Waals surface area contributed by atoms with Crippen molar-refractivity contribution in [2.75, 3.05) is 33.9 Å². The Morgan fingerprint density at radius 3 is 2.29 bits per heavy atom. The van der Waals surface area contributed by atoms with Gasteiger partial charge in [0, 0.05) is 13.7 Å². The van der Waals surface area contributed by atoms with Crippen LogP contribution in [0.2, 0.25) is 0 Å². The molecule has 0 spiro atoms. The average Bonchev–Trinajstić information content (AvgIpc) is 2.14. The van der Waals surface area contributed by atoms with Gasteiger partial charge in [-0.25, -0.2) is 0 Å². The number of likely N-dealkylation sites (N-methyl/N-ethyl adjacent to an activating group) is 1. The fourth-order valence-electron chi connectivity index (χ4n) is 1.98. The summed E-state index contributed by atoms with van der Waals surface area (Å²) in [7, 11) is 3.88. The van der Waals surface area contributed by atoms with Gasteiger partial charge in [0.1, 0.15) is 0 Å². The first kappa shape index (κ1) is 13.9. The summed E-state index contributed by atoms with van der Waals surface area (Å²) in [5.41, 5.74) is 5.90. The van der Waals surface area contributed by atoms with Crippen molar-refractivity contribution in [3.8, 4) is 0 Å². The van der Waals surface area contributed by atoms with Gasteiger partial charge in [0.05, 0.1) is 12.1 Å². The average molecular weight is 202 g/mol. The second kappa shape index (κ2) is 6.38. The summed E-state index contributed by atoms with van der Waals surface area (Å²) in [4.78, 5) is 2.33. The predicted octanol–water partition coefficient (Wildman–Crippen LogP) is 1.33. The fourth-order valence-corrected chi connectivity index (χ4v) is 1.98. The van der Waals surface area contributed by atoms with E-state index in [2.05, 4.69) is 32.7 Å². The van der Waals surface area contributed by atoms with Gasteiger partial charge in [0.2, 0.25) is 0 Å². The molecule has 2 N–H and O–H groups in total. The Morgan fingerprint density at radius 2 is 2.00 bits per heavy atom. The van der Waals surface area contributed by atoms with E-state index >= 15 is 0 Å². The molecule has 3 heteroatoms. The number of nitrogens with two attached hydrogens (primary N) is 1. The van der Waals surface area contributed by atoms with E-state index < -0.39 is 0 Å². The normalized spacial score (nSPS) is 16.3. The predicted molar refractivity (Wildman–Crippen MR) is 61.4 cm³/mol. The first-order chi connectivity index (χ1) is 6.55. The van der Waals surface area contributed by atoms with Crippen molar-refractivity contribution in [3.05, 3.63) is 0 Å². The minimum Gasteiger partial charge on any atom is -0.383 e. The molecule has 1 atom stereocenters. The maximum atomic E-state index is 5.90. The van der Waals surface area contributed by atoms with Crippen LogP contribution in [0.4, 0.5) is 0 Å². The van der Waals surface area contributed by atoms with E-state index in [1.807, 2.05) is 0 Å². The number of ether oxygens (including phenoxy) is 1. The van der Waals surface area contributed by atoms with E-state index in [-0.39, 0.29) is 5.54 Å². The first-order valence-electron chi connectivity index (χ1n) is 5.45. The Bertz CT molecular complexity index is 150. The lowest BCUT2D eigenvalue weighted by atomic mass is 9.85. The molecule has 86 valence electrons. The molecular weight excluding hydrogens is 176 g/mol. The summed E-state index contributed by atoms with van der Waals surface area (Å²) >= 11 is 0. The molecule has 0 aromatic rings. The van der Waals surface area contributed by atoms with Gasteiger partial charge >= 0.3 is 0 Å². The summed E-state index contributed by atoms with van der Waals surface area (Å²) in [6.45, 7) is 9.02. The van der Waals surface area contributed by atoms with Crippen LogP contribution in [0.3, 0.4) is 0 Å². The van der Waals surface area contributed by atoms with Crippen LogP contribution < -0.4 is 5.73 Å². The lowest BCUT2D eigenvalue weighted by Gasteiger charge is -2.44. The highest BCUT2D eigenvalue weighted by Gasteiger charge is 2.36. The zero-order chi connectivity index (χ0) is 11.2. The van der Waals surface area contributed by atoms with Gasteiger partial charge < -0.3 is 10.5 Å². The highest BCUT2D eigenvalue weighted by molar-refractivity contribution is 4.93. The van der Waals surface area contributed by atoms with E-state index in [0.717, 1.165) is 13.0 Å². The minimum absolute atomic E-state index is 0.00917. The van der Waals surface area contributed by atoms with Crippen molar-refractivity contribution in [1.29, 1.82) is 0 Å². The molecule has 0 fully saturated rings. The third-order valence-corrected chi connectivity index (χ3v) is 3.14. The molecule has 0 aromatic heterocycles. The molecule has 14 heavy (non-hydrogen) atoms. The molecule has 0 rings (SSSR count). The van der Waals surface area contributed by atoms with Crippen molar-refractivity contribution < 1.29 is 4.74 Å². The highest BCUT2D eigenvalue weighted by Crippen LogP contribution is 2.23. The molecule has 0 aliphatic rings. The molecule has 0 aliphatic heterocycles. The SMILES string of the molecule is CCCN(C)C(CN)(COC)C(C)C. The Hall–Kier alpha value is -0.120. The standard InChI is InChI=1S/C11H26N2O/c1-6-7-13(4)11(8-12,9-14-5)10(2)3/h10H,6-9,12H2,1-5H3. The molecule has 0 saturated heterocycles. The van der Waals surface area contributed by atoms with E-state index in [9.17, 15) is 0 Å². The van der Waals surface area contributed by atoms with Gasteiger partial charge in [-0.1, -0.05) is 20.8 Å². The van der Waals surface area contributed by atoms with Gasteiger partial charge in [0.25, 0.3) is 0 Å². The Balaban J connectivity index is 4.63. The number of rotatable bonds is 7. The first-order valence-corrected chi connectivity index (χ1v) is 5.45. The molecule has 0 radical (unpaired) electrons. The van der Waals surface area contributed by atoms with Gasteiger partial charge in [-0.2, -0.15) is 0 Å². The largest absolute Gasteiger partial charge is 0.383 e. The topological polar surface area (TPSA) is 38.5 Å². The Morgan fingerprint density at radius 1 is 1.43 bits per heavy atom. The van der Waals surface area contributed by atoms with Crippen LogP contribution in [0, 0.1) is 5.92 Å². The van der Waals surface area contributed by atoms with Gasteiger partial charge in [0.15, 0.2) is 0 Å². The molecule has 0 aliphatic carbocycles. The summed E-state index contributed by atoms with van der Waals surface area (Å²) in [5.74, 6) is 0.504. The van der Waals surface area contributed by atoms with Gasteiger partial charge in [-0.15, -0.1) is 0 Å². The molecule has 0 heterocycles. The molecule has 0 amide bonds. The van der Waals surface area contributed by atoms with Crippen LogP contribution in [-0.2, 0) is 4.74 Å². The van der Waals surface area contributed by atoms with Crippen molar-refractivity contribution in [2.45, 2.75) is 32.7 Å². The quantitative estimate of drug-likeness (QED) is 0.677. The van der Waals surface area contributed by atoms with Crippen LogP contribution in [-0.4, -0.2) is 44.3 Å². The summed E-state index contributed by atoms with van der Waals surface area (Å²) in [5, 5.41) is 0. The van der Waals surface area contributed by atoms with Crippen molar-refractivity contribution in [1.82, 2.24) is 4.90 Å². The lowest BCUT2D eigenvalue weighted by molar-refractivity contribution is -0.000872. The second-order valence-corrected chi connectivity index (χ2v) is 4.32. The fraction of sp³-hybridized carbons (Fsp3) is 1.00. The van der Waals surface area contributed by atoms with E-state index in [1.165, 1.54) is 0 Å². The van der Waals surface area contributed by atoms with Crippen LogP contribution in [0.1, 0.15) is 27.2 Å². The summed E-state index contributed by atoms with van der Waals surface area (Å²) in [6, 6.07) is 0. The van der Waals surface area contributed by atoms with E-state index in [1.54, 1.807) is 7.11 Å². The van der Waals surface area contributed by atoms with Crippen molar-refractivity contribution in [2.24, 2.45) is 11.7 Å². The molecule has 0 saturated carbocycles. The van der Waals surface area contributed by atoms with Crippen LogP contribution >= 0.6 is 0 Å². The van der Waals surface area contributed by atoms with Crippen LogP contribution in [0.15, 0.2) is 0 Å². The monoisotopic (exact) mass is 202 g/mol. The van der Waals surface area contributed by atoms with E-state index in [0.29, 0.717) is 19.1 Å². The lowest BCUT2D eigenvalue weighted by Crippen LogP contribution is -2.59. The third kappa shape index (κ3) is 2.94. The number of methoxy groups -OCH3 is 1. The molecular formula is C11H26N2O. The third-order valence-electron chi connectivity index (χ3n) is 3.14. The van der Waals surface area contributed by atoms with E-state index in [4.69, 9.17) is 10.5 Å². The smallest absolute Gasteiger partial charge is 0.0661 e. The molecule has 3 nitrogen and oxygen atoms in total. The molecule has 0 bridgehead atoms. The Kier molecular flexibility index (Phi) is 6.33. The van der Waals surface area contributed by atoms with Crippen molar-refractivity contribution >= 4 is 0 Å². The summed E-state index contributed by atoms with van der Waals surface area (Å²) in [6.07, 6.45) is 1.15. The minimum atomic E-state index is -0.00917. The number of nitrogens with zero attached hydrogens (tertiary/aromatic N) is 1. The zero-order valence-corrected chi connectivity index (χ0v) is 10.3. The van der Waals surface area contributed by atoms with Gasteiger partial charge in [-0.05, 0) is 25.9 Å². The van der Waals surface area contributed by atoms with Crippen molar-refractivity contribution in [3.63, 3.8) is 0 Å². The number of hydrogen-bond acceptors (Lipinski definition) is 3. The maximum Gasteiger partial charge on any atom is 0.0661 e. The Labute approximate surface area is 88.6 Å². The zero-order valence-electron chi connectivity index (χ0n) is 10.3. The number of hydrogen-bond donors (Lipinski definition) is 1. The molecule has 0 aromatic carbocycles. The second-order valence-electron chi connectivity index (χ2n) is 4.32. The summed E-state index contributed by atoms with van der Waals surface area (Å²) < 4.78 is 5.31. The van der Waals surface area contributed by atoms with Crippen LogP contribution in [0.25, 0.3) is 0 Å². The van der Waals surface area contributed by atoms with Gasteiger partial charge in [-0.3, -0.25) is 4.90 Å².